The first kappa shape index (κ1) is 14.0. The van der Waals surface area contributed by atoms with E-state index in [0.29, 0.717) is 5.11 Å². The molecule has 0 aliphatic carbocycles. The second-order valence-corrected chi connectivity index (χ2v) is 4.37. The number of rotatable bonds is 4. The number of nitrogens with one attached hydrogen (secondary N) is 2. The fraction of sp³-hybridized carbons (Fsp3) is 0.0667. The minimum atomic E-state index is 0.445. The number of hydrazone groups is 1. The van der Waals surface area contributed by atoms with Crippen molar-refractivity contribution in [2.24, 2.45) is 5.10 Å². The summed E-state index contributed by atoms with van der Waals surface area (Å²) in [6, 6.07) is 17.3. The number of thiocarbonyl (C=S) groups is 1. The van der Waals surface area contributed by atoms with E-state index in [2.05, 4.69) is 15.8 Å². The third-order valence-corrected chi connectivity index (χ3v) is 2.72. The third-order valence-electron chi connectivity index (χ3n) is 2.53. The summed E-state index contributed by atoms with van der Waals surface area (Å²) in [5, 5.41) is 7.55. The highest BCUT2D eigenvalue weighted by Crippen LogP contribution is 2.09. The van der Waals surface area contributed by atoms with Gasteiger partial charge in [-0.05, 0) is 54.2 Å². The molecular formula is C15H15N3OS. The molecule has 0 heterocycles. The molecule has 4 nitrogen and oxygen atoms in total. The van der Waals surface area contributed by atoms with Crippen molar-refractivity contribution < 1.29 is 4.74 Å². The Bertz CT molecular complexity index is 582. The summed E-state index contributed by atoms with van der Waals surface area (Å²) >= 11 is 5.13. The van der Waals surface area contributed by atoms with Crippen LogP contribution in [0.2, 0.25) is 0 Å². The van der Waals surface area contributed by atoms with Crippen LogP contribution in [0.5, 0.6) is 5.75 Å². The van der Waals surface area contributed by atoms with Gasteiger partial charge in [0.1, 0.15) is 5.75 Å². The van der Waals surface area contributed by atoms with Crippen molar-refractivity contribution in [2.75, 3.05) is 12.4 Å². The molecule has 2 aromatic carbocycles. The van der Waals surface area contributed by atoms with Gasteiger partial charge in [0.05, 0.1) is 13.3 Å². The molecule has 0 saturated heterocycles. The molecule has 2 rings (SSSR count). The SMILES string of the molecule is COc1ccc(/C=N\NC(=S)Nc2ccccc2)cc1. The van der Waals surface area contributed by atoms with Crippen molar-refractivity contribution in [1.82, 2.24) is 5.43 Å². The highest BCUT2D eigenvalue weighted by molar-refractivity contribution is 7.80. The molecule has 102 valence electrons. The number of para-hydroxylation sites is 1. The van der Waals surface area contributed by atoms with Crippen molar-refractivity contribution in [3.05, 3.63) is 60.2 Å². The molecule has 0 saturated carbocycles. The smallest absolute Gasteiger partial charge is 0.191 e. The minimum absolute atomic E-state index is 0.445. The summed E-state index contributed by atoms with van der Waals surface area (Å²) in [5.74, 6) is 0.816. The molecule has 0 spiro atoms. The van der Waals surface area contributed by atoms with Gasteiger partial charge in [0.15, 0.2) is 5.11 Å². The Labute approximate surface area is 123 Å². The summed E-state index contributed by atoms with van der Waals surface area (Å²) in [6.07, 6.45) is 1.69. The van der Waals surface area contributed by atoms with Crippen molar-refractivity contribution in [1.29, 1.82) is 0 Å². The Morgan fingerprint density at radius 3 is 2.45 bits per heavy atom. The predicted molar refractivity (Wildman–Crippen MR) is 86.4 cm³/mol. The summed E-state index contributed by atoms with van der Waals surface area (Å²) in [7, 11) is 1.64. The number of hydrogen-bond donors (Lipinski definition) is 2. The monoisotopic (exact) mass is 285 g/mol. The van der Waals surface area contributed by atoms with Crippen LogP contribution in [0.4, 0.5) is 5.69 Å². The second-order valence-electron chi connectivity index (χ2n) is 3.96. The van der Waals surface area contributed by atoms with E-state index in [-0.39, 0.29) is 0 Å². The molecule has 0 unspecified atom stereocenters. The topological polar surface area (TPSA) is 45.6 Å². The lowest BCUT2D eigenvalue weighted by molar-refractivity contribution is 0.415. The normalized spacial score (nSPS) is 10.2. The summed E-state index contributed by atoms with van der Waals surface area (Å²) in [6.45, 7) is 0. The lowest BCUT2D eigenvalue weighted by atomic mass is 10.2. The molecule has 5 heteroatoms. The van der Waals surface area contributed by atoms with E-state index in [1.165, 1.54) is 0 Å². The van der Waals surface area contributed by atoms with E-state index in [9.17, 15) is 0 Å². The molecular weight excluding hydrogens is 270 g/mol. The second kappa shape index (κ2) is 7.25. The Morgan fingerprint density at radius 1 is 1.10 bits per heavy atom. The number of ether oxygens (including phenoxy) is 1. The standard InChI is InChI=1S/C15H15N3OS/c1-19-14-9-7-12(8-10-14)11-16-18-15(20)17-13-5-3-2-4-6-13/h2-11H,1H3,(H2,17,18,20)/b16-11-. The van der Waals surface area contributed by atoms with Crippen LogP contribution in [0.1, 0.15) is 5.56 Å². The Morgan fingerprint density at radius 2 is 1.80 bits per heavy atom. The van der Waals surface area contributed by atoms with E-state index in [1.807, 2.05) is 54.6 Å². The predicted octanol–water partition coefficient (Wildman–Crippen LogP) is 3.02. The van der Waals surface area contributed by atoms with E-state index in [0.717, 1.165) is 17.0 Å². The third kappa shape index (κ3) is 4.37. The Balaban J connectivity index is 1.84. The van der Waals surface area contributed by atoms with Gasteiger partial charge in [-0.3, -0.25) is 5.43 Å². The van der Waals surface area contributed by atoms with Gasteiger partial charge in [-0.1, -0.05) is 18.2 Å². The van der Waals surface area contributed by atoms with Crippen LogP contribution in [0.15, 0.2) is 59.7 Å². The average molecular weight is 285 g/mol. The van der Waals surface area contributed by atoms with Crippen LogP contribution in [0.3, 0.4) is 0 Å². The van der Waals surface area contributed by atoms with Gasteiger partial charge in [-0.15, -0.1) is 0 Å². The molecule has 0 bridgehead atoms. The number of anilines is 1. The lowest BCUT2D eigenvalue weighted by Crippen LogP contribution is -2.23. The Hall–Kier alpha value is -2.40. The lowest BCUT2D eigenvalue weighted by Gasteiger charge is -2.06. The molecule has 0 aliphatic rings. The van der Waals surface area contributed by atoms with Crippen LogP contribution < -0.4 is 15.5 Å². The quantitative estimate of drug-likeness (QED) is 0.515. The maximum Gasteiger partial charge on any atom is 0.191 e. The maximum atomic E-state index is 5.13. The van der Waals surface area contributed by atoms with Crippen LogP contribution >= 0.6 is 12.2 Å². The van der Waals surface area contributed by atoms with E-state index in [1.54, 1.807) is 13.3 Å². The van der Waals surface area contributed by atoms with Gasteiger partial charge in [0, 0.05) is 5.69 Å². The minimum Gasteiger partial charge on any atom is -0.497 e. The van der Waals surface area contributed by atoms with Crippen molar-refractivity contribution in [3.63, 3.8) is 0 Å². The van der Waals surface area contributed by atoms with Gasteiger partial charge < -0.3 is 10.1 Å². The molecule has 20 heavy (non-hydrogen) atoms. The fourth-order valence-electron chi connectivity index (χ4n) is 1.54. The fourth-order valence-corrected chi connectivity index (χ4v) is 1.71. The first-order valence-electron chi connectivity index (χ1n) is 6.07. The summed E-state index contributed by atoms with van der Waals surface area (Å²) in [4.78, 5) is 0. The Kier molecular flexibility index (Phi) is 5.08. The number of methoxy groups -OCH3 is 1. The first-order valence-corrected chi connectivity index (χ1v) is 6.48. The molecule has 0 aliphatic heterocycles. The number of hydrogen-bond acceptors (Lipinski definition) is 3. The highest BCUT2D eigenvalue weighted by Gasteiger charge is 1.94. The van der Waals surface area contributed by atoms with Crippen LogP contribution in [0.25, 0.3) is 0 Å². The van der Waals surface area contributed by atoms with Crippen LogP contribution in [-0.2, 0) is 0 Å². The number of benzene rings is 2. The van der Waals surface area contributed by atoms with Crippen molar-refractivity contribution in [2.45, 2.75) is 0 Å². The van der Waals surface area contributed by atoms with Gasteiger partial charge in [-0.2, -0.15) is 5.10 Å². The van der Waals surface area contributed by atoms with E-state index >= 15 is 0 Å². The average Bonchev–Trinajstić information content (AvgIpc) is 2.49. The van der Waals surface area contributed by atoms with Gasteiger partial charge in [-0.25, -0.2) is 0 Å². The zero-order valence-corrected chi connectivity index (χ0v) is 11.9. The highest BCUT2D eigenvalue weighted by atomic mass is 32.1. The largest absolute Gasteiger partial charge is 0.497 e. The summed E-state index contributed by atoms with van der Waals surface area (Å²) in [5.41, 5.74) is 4.65. The van der Waals surface area contributed by atoms with Gasteiger partial charge in [0.2, 0.25) is 0 Å². The first-order chi connectivity index (χ1) is 9.78. The van der Waals surface area contributed by atoms with Gasteiger partial charge >= 0.3 is 0 Å². The van der Waals surface area contributed by atoms with Crippen LogP contribution in [-0.4, -0.2) is 18.4 Å². The summed E-state index contributed by atoms with van der Waals surface area (Å²) < 4.78 is 5.09. The molecule has 0 amide bonds. The van der Waals surface area contributed by atoms with Crippen molar-refractivity contribution >= 4 is 29.2 Å². The zero-order valence-electron chi connectivity index (χ0n) is 11.0. The van der Waals surface area contributed by atoms with Gasteiger partial charge in [0.25, 0.3) is 0 Å². The maximum absolute atomic E-state index is 5.13. The van der Waals surface area contributed by atoms with E-state index < -0.39 is 0 Å². The van der Waals surface area contributed by atoms with Crippen LogP contribution in [0, 0.1) is 0 Å². The van der Waals surface area contributed by atoms with E-state index in [4.69, 9.17) is 17.0 Å². The number of nitrogens with zero attached hydrogens (tertiary/aromatic N) is 1. The molecule has 0 aromatic heterocycles. The zero-order chi connectivity index (χ0) is 14.2. The molecule has 2 N–H and O–H groups in total. The molecule has 0 fully saturated rings. The molecule has 2 aromatic rings. The molecule has 0 atom stereocenters. The molecule has 0 radical (unpaired) electrons. The van der Waals surface area contributed by atoms with Crippen molar-refractivity contribution in [3.8, 4) is 5.75 Å².